The number of carbonyl (C=O) groups excluding carboxylic acids is 2. The summed E-state index contributed by atoms with van der Waals surface area (Å²) in [5.41, 5.74) is 3.05. The molecule has 174 valence electrons. The molecule has 0 aliphatic carbocycles. The quantitative estimate of drug-likeness (QED) is 0.388. The molecule has 1 heterocycles. The van der Waals surface area contributed by atoms with E-state index in [1.54, 1.807) is 59.5 Å². The van der Waals surface area contributed by atoms with Crippen molar-refractivity contribution in [2.75, 3.05) is 4.90 Å². The van der Waals surface area contributed by atoms with Crippen molar-refractivity contribution in [2.45, 2.75) is 22.9 Å². The Morgan fingerprint density at radius 1 is 0.829 bits per heavy atom. The van der Waals surface area contributed by atoms with Gasteiger partial charge in [-0.15, -0.1) is 0 Å². The Hall–Kier alpha value is -3.74. The van der Waals surface area contributed by atoms with Crippen LogP contribution in [0.3, 0.4) is 0 Å². The number of rotatable bonds is 5. The second-order valence-corrected chi connectivity index (χ2v) is 9.99. The lowest BCUT2D eigenvalue weighted by Gasteiger charge is -2.23. The van der Waals surface area contributed by atoms with Gasteiger partial charge in [-0.05, 0) is 53.6 Å². The summed E-state index contributed by atoms with van der Waals surface area (Å²) in [6.07, 6.45) is 0. The topological polar surface area (TPSA) is 66.5 Å². The van der Waals surface area contributed by atoms with Crippen LogP contribution < -0.4 is 10.2 Å². The van der Waals surface area contributed by atoms with E-state index in [-0.39, 0.29) is 18.4 Å². The molecule has 0 aromatic heterocycles. The second-order valence-electron chi connectivity index (χ2n) is 8.13. The summed E-state index contributed by atoms with van der Waals surface area (Å²) in [5, 5.41) is 3.51. The molecule has 4 aromatic carbocycles. The maximum Gasteiger partial charge on any atom is 0.259 e. The van der Waals surface area contributed by atoms with Gasteiger partial charge in [0.05, 0.1) is 38.4 Å². The first-order valence-electron chi connectivity index (χ1n) is 11.0. The van der Waals surface area contributed by atoms with Crippen molar-refractivity contribution in [2.24, 2.45) is 0 Å². The minimum absolute atomic E-state index is 0.240. The van der Waals surface area contributed by atoms with Crippen LogP contribution in [0.4, 0.5) is 5.69 Å². The normalized spacial score (nSPS) is 14.6. The highest BCUT2D eigenvalue weighted by Crippen LogP contribution is 2.36. The van der Waals surface area contributed by atoms with Gasteiger partial charge in [-0.25, -0.2) is 4.21 Å². The highest BCUT2D eigenvalue weighted by Gasteiger charge is 2.31. The number of hydrogen-bond acceptors (Lipinski definition) is 3. The van der Waals surface area contributed by atoms with Crippen LogP contribution in [0, 0.1) is 0 Å². The summed E-state index contributed by atoms with van der Waals surface area (Å²) in [6, 6.07) is 28.7. The molecule has 35 heavy (non-hydrogen) atoms. The zero-order valence-electron chi connectivity index (χ0n) is 18.6. The molecule has 5 nitrogen and oxygen atoms in total. The van der Waals surface area contributed by atoms with Crippen molar-refractivity contribution in [1.82, 2.24) is 5.32 Å². The zero-order valence-corrected chi connectivity index (χ0v) is 20.2. The van der Waals surface area contributed by atoms with Crippen molar-refractivity contribution in [3.05, 3.63) is 124 Å². The predicted octanol–water partition coefficient (Wildman–Crippen LogP) is 5.60. The molecule has 0 fully saturated rings. The largest absolute Gasteiger partial charge is 0.348 e. The van der Waals surface area contributed by atoms with Crippen LogP contribution in [0.5, 0.6) is 0 Å². The molecule has 0 unspecified atom stereocenters. The second kappa shape index (κ2) is 9.86. The van der Waals surface area contributed by atoms with Gasteiger partial charge in [-0.3, -0.25) is 9.59 Å². The van der Waals surface area contributed by atoms with Gasteiger partial charge >= 0.3 is 0 Å². The molecule has 0 radical (unpaired) electrons. The van der Waals surface area contributed by atoms with E-state index in [0.717, 1.165) is 11.1 Å². The smallest absolute Gasteiger partial charge is 0.259 e. The Morgan fingerprint density at radius 2 is 1.54 bits per heavy atom. The van der Waals surface area contributed by atoms with Crippen LogP contribution in [0.15, 0.2) is 107 Å². The van der Waals surface area contributed by atoms with Crippen LogP contribution >= 0.6 is 11.6 Å². The number of anilines is 1. The van der Waals surface area contributed by atoms with E-state index in [4.69, 9.17) is 11.6 Å². The number of fused-ring (bicyclic) bond motifs is 2. The Kier molecular flexibility index (Phi) is 6.49. The summed E-state index contributed by atoms with van der Waals surface area (Å²) >= 11 is 6.04. The zero-order chi connectivity index (χ0) is 24.4. The lowest BCUT2D eigenvalue weighted by atomic mass is 10.1. The van der Waals surface area contributed by atoms with Crippen LogP contribution in [0.1, 0.15) is 31.8 Å². The molecule has 1 aliphatic heterocycles. The first kappa shape index (κ1) is 23.0. The summed E-state index contributed by atoms with van der Waals surface area (Å²) in [6.45, 7) is 0.616. The molecule has 0 spiro atoms. The average Bonchev–Trinajstić information content (AvgIpc) is 2.98. The lowest BCUT2D eigenvalue weighted by Crippen LogP contribution is -2.31. The van der Waals surface area contributed by atoms with E-state index in [2.05, 4.69) is 5.32 Å². The highest BCUT2D eigenvalue weighted by atomic mass is 35.5. The molecule has 1 aliphatic rings. The van der Waals surface area contributed by atoms with Gasteiger partial charge in [0, 0.05) is 17.1 Å². The number of halogens is 1. The Bertz CT molecular complexity index is 1440. The van der Waals surface area contributed by atoms with Crippen molar-refractivity contribution in [3.8, 4) is 0 Å². The van der Waals surface area contributed by atoms with E-state index in [0.29, 0.717) is 38.2 Å². The van der Waals surface area contributed by atoms with Gasteiger partial charge in [0.1, 0.15) is 0 Å². The third kappa shape index (κ3) is 4.76. The average molecular weight is 501 g/mol. The predicted molar refractivity (Wildman–Crippen MR) is 137 cm³/mol. The molecule has 0 saturated heterocycles. The number of carbonyl (C=O) groups is 2. The van der Waals surface area contributed by atoms with E-state index < -0.39 is 10.8 Å². The maximum absolute atomic E-state index is 13.7. The lowest BCUT2D eigenvalue weighted by molar-refractivity contribution is 0.0947. The first-order valence-corrected chi connectivity index (χ1v) is 12.6. The number of nitrogens with one attached hydrogen (secondary N) is 1. The molecular formula is C28H21ClN2O3S. The molecule has 1 N–H and O–H groups in total. The summed E-state index contributed by atoms with van der Waals surface area (Å²) in [7, 11) is -1.58. The Labute approximate surface area is 210 Å². The summed E-state index contributed by atoms with van der Waals surface area (Å²) in [5.74, 6) is -0.549. The van der Waals surface area contributed by atoms with Gasteiger partial charge in [0.25, 0.3) is 11.8 Å². The number of hydrogen-bond donors (Lipinski definition) is 1. The van der Waals surface area contributed by atoms with E-state index >= 15 is 0 Å². The maximum atomic E-state index is 13.7. The van der Waals surface area contributed by atoms with Gasteiger partial charge in [0.15, 0.2) is 0 Å². The number of amides is 2. The van der Waals surface area contributed by atoms with Crippen molar-refractivity contribution < 1.29 is 13.8 Å². The first-order chi connectivity index (χ1) is 17.0. The molecular weight excluding hydrogens is 480 g/mol. The summed E-state index contributed by atoms with van der Waals surface area (Å²) < 4.78 is 13.5. The van der Waals surface area contributed by atoms with Gasteiger partial charge < -0.3 is 10.2 Å². The fourth-order valence-electron chi connectivity index (χ4n) is 4.01. The minimum Gasteiger partial charge on any atom is -0.348 e. The third-order valence-electron chi connectivity index (χ3n) is 5.82. The molecule has 1 atom stereocenters. The number of nitrogens with zero attached hydrogens (tertiary/aromatic N) is 1. The van der Waals surface area contributed by atoms with Crippen molar-refractivity contribution >= 4 is 39.9 Å². The van der Waals surface area contributed by atoms with Crippen LogP contribution in [-0.2, 0) is 23.9 Å². The third-order valence-corrected chi connectivity index (χ3v) is 7.58. The van der Waals surface area contributed by atoms with Crippen LogP contribution in [0.25, 0.3) is 0 Å². The highest BCUT2D eigenvalue weighted by molar-refractivity contribution is 7.85. The summed E-state index contributed by atoms with van der Waals surface area (Å²) in [4.78, 5) is 29.2. The fourth-order valence-corrected chi connectivity index (χ4v) is 5.49. The van der Waals surface area contributed by atoms with Crippen LogP contribution in [0.2, 0.25) is 5.02 Å². The molecule has 7 heteroatoms. The Morgan fingerprint density at radius 3 is 2.31 bits per heavy atom. The molecule has 0 bridgehead atoms. The van der Waals surface area contributed by atoms with Gasteiger partial charge in [-0.1, -0.05) is 66.2 Å². The fraction of sp³-hybridized carbons (Fsp3) is 0.0714. The molecule has 5 rings (SSSR count). The molecule has 0 saturated carbocycles. The standard InChI is InChI=1S/C28H21ClN2O3S/c29-22-13-10-20(11-14-22)18-31-24-16-21(27(32)30-17-19-6-2-1-3-7-19)12-15-26(24)35(34)25-9-5-4-8-23(25)28(31)33/h1-16H,17-18H2,(H,30,32)/t35-/m0/s1. The van der Waals surface area contributed by atoms with E-state index in [1.165, 1.54) is 0 Å². The van der Waals surface area contributed by atoms with E-state index in [9.17, 15) is 13.8 Å². The van der Waals surface area contributed by atoms with Crippen LogP contribution in [-0.4, -0.2) is 16.0 Å². The Balaban J connectivity index is 1.54. The van der Waals surface area contributed by atoms with Crippen molar-refractivity contribution in [3.63, 3.8) is 0 Å². The number of benzene rings is 4. The SMILES string of the molecule is O=C(NCc1ccccc1)c1ccc2c(c1)N(Cc1ccc(Cl)cc1)C(=O)c1ccccc1[S@@]2=O. The van der Waals surface area contributed by atoms with Crippen molar-refractivity contribution in [1.29, 1.82) is 0 Å². The van der Waals surface area contributed by atoms with E-state index in [1.807, 2.05) is 42.5 Å². The monoisotopic (exact) mass is 500 g/mol. The molecule has 4 aromatic rings. The van der Waals surface area contributed by atoms with Gasteiger partial charge in [-0.2, -0.15) is 0 Å². The minimum atomic E-state index is -1.58. The molecule has 2 amide bonds. The van der Waals surface area contributed by atoms with Gasteiger partial charge in [0.2, 0.25) is 0 Å².